The van der Waals surface area contributed by atoms with Crippen LogP contribution in [0.3, 0.4) is 0 Å². The Morgan fingerprint density at radius 2 is 2.11 bits per heavy atom. The van der Waals surface area contributed by atoms with E-state index in [1.165, 1.54) is 6.20 Å². The molecule has 1 aromatic rings. The van der Waals surface area contributed by atoms with Crippen molar-refractivity contribution in [2.24, 2.45) is 13.0 Å². The fourth-order valence-electron chi connectivity index (χ4n) is 1.31. The minimum Gasteiger partial charge on any atom is -0.339 e. The van der Waals surface area contributed by atoms with Crippen molar-refractivity contribution in [2.45, 2.75) is 20.8 Å². The van der Waals surface area contributed by atoms with Crippen LogP contribution in [-0.2, 0) is 11.8 Å². The Morgan fingerprint density at radius 1 is 1.50 bits per heavy atom. The van der Waals surface area contributed by atoms with Crippen LogP contribution >= 0.6 is 0 Å². The van der Waals surface area contributed by atoms with E-state index in [-0.39, 0.29) is 17.7 Å². The molecule has 100 valence electrons. The average molecular weight is 252 g/mol. The summed E-state index contributed by atoms with van der Waals surface area (Å²) in [5, 5.41) is 2.73. The third-order valence-corrected chi connectivity index (χ3v) is 2.78. The van der Waals surface area contributed by atoms with E-state index in [1.54, 1.807) is 23.6 Å². The van der Waals surface area contributed by atoms with Crippen molar-refractivity contribution in [1.82, 2.24) is 14.5 Å². The molecule has 0 fully saturated rings. The first-order valence-corrected chi connectivity index (χ1v) is 5.96. The summed E-state index contributed by atoms with van der Waals surface area (Å²) < 4.78 is 1.59. The molecule has 1 heterocycles. The largest absolute Gasteiger partial charge is 0.339 e. The quantitative estimate of drug-likeness (QED) is 0.872. The second kappa shape index (κ2) is 5.66. The number of imidazole rings is 1. The standard InChI is InChI=1S/C12H20N4O2/c1-6-15(4)12(18)10-13-7-9(16(10)5)14-11(17)8(2)3/h7-8H,6H2,1-5H3,(H,14,17). The molecule has 0 saturated heterocycles. The summed E-state index contributed by atoms with van der Waals surface area (Å²) in [5.41, 5.74) is 0. The number of amides is 2. The van der Waals surface area contributed by atoms with Crippen molar-refractivity contribution in [3.63, 3.8) is 0 Å². The SMILES string of the molecule is CCN(C)C(=O)c1ncc(NC(=O)C(C)C)n1C. The normalized spacial score (nSPS) is 10.6. The first kappa shape index (κ1) is 14.2. The van der Waals surface area contributed by atoms with Gasteiger partial charge in [-0.2, -0.15) is 0 Å². The van der Waals surface area contributed by atoms with Gasteiger partial charge in [-0.15, -0.1) is 0 Å². The molecule has 2 amide bonds. The van der Waals surface area contributed by atoms with Gasteiger partial charge in [-0.25, -0.2) is 4.98 Å². The maximum absolute atomic E-state index is 12.0. The van der Waals surface area contributed by atoms with Crippen molar-refractivity contribution in [3.05, 3.63) is 12.0 Å². The summed E-state index contributed by atoms with van der Waals surface area (Å²) in [6.45, 7) is 6.12. The van der Waals surface area contributed by atoms with Crippen molar-refractivity contribution < 1.29 is 9.59 Å². The monoisotopic (exact) mass is 252 g/mol. The predicted octanol–water partition coefficient (Wildman–Crippen LogP) is 1.11. The number of rotatable bonds is 4. The number of nitrogens with one attached hydrogen (secondary N) is 1. The molecular formula is C12H20N4O2. The molecule has 0 atom stereocenters. The summed E-state index contributed by atoms with van der Waals surface area (Å²) in [7, 11) is 3.42. The van der Waals surface area contributed by atoms with Gasteiger partial charge in [-0.05, 0) is 6.92 Å². The minimum absolute atomic E-state index is 0.0964. The summed E-state index contributed by atoms with van der Waals surface area (Å²) in [6, 6.07) is 0. The van der Waals surface area contributed by atoms with E-state index in [4.69, 9.17) is 0 Å². The van der Waals surface area contributed by atoms with E-state index < -0.39 is 0 Å². The number of aromatic nitrogens is 2. The van der Waals surface area contributed by atoms with Gasteiger partial charge >= 0.3 is 0 Å². The summed E-state index contributed by atoms with van der Waals surface area (Å²) in [6.07, 6.45) is 1.50. The predicted molar refractivity (Wildman–Crippen MR) is 69.3 cm³/mol. The van der Waals surface area contributed by atoms with Crippen molar-refractivity contribution in [1.29, 1.82) is 0 Å². The van der Waals surface area contributed by atoms with Crippen LogP contribution in [-0.4, -0.2) is 39.9 Å². The molecule has 6 nitrogen and oxygen atoms in total. The van der Waals surface area contributed by atoms with E-state index in [0.717, 1.165) is 0 Å². The van der Waals surface area contributed by atoms with E-state index in [0.29, 0.717) is 18.2 Å². The third-order valence-electron chi connectivity index (χ3n) is 2.78. The third kappa shape index (κ3) is 2.88. The minimum atomic E-state index is -0.162. The molecule has 6 heteroatoms. The van der Waals surface area contributed by atoms with Gasteiger partial charge in [-0.1, -0.05) is 13.8 Å². The first-order chi connectivity index (χ1) is 8.38. The molecule has 0 aliphatic carbocycles. The van der Waals surface area contributed by atoms with Gasteiger partial charge in [0.25, 0.3) is 5.91 Å². The molecule has 0 aromatic carbocycles. The van der Waals surface area contributed by atoms with Gasteiger partial charge in [0.2, 0.25) is 11.7 Å². The van der Waals surface area contributed by atoms with Gasteiger partial charge in [0.05, 0.1) is 6.20 Å². The van der Waals surface area contributed by atoms with Gasteiger partial charge in [0.15, 0.2) is 0 Å². The van der Waals surface area contributed by atoms with Crippen LogP contribution in [0.2, 0.25) is 0 Å². The zero-order chi connectivity index (χ0) is 13.9. The molecule has 0 aliphatic rings. The van der Waals surface area contributed by atoms with E-state index in [9.17, 15) is 9.59 Å². The van der Waals surface area contributed by atoms with Crippen LogP contribution in [0.4, 0.5) is 5.82 Å². The number of anilines is 1. The summed E-state index contributed by atoms with van der Waals surface area (Å²) in [5.74, 6) is 0.475. The molecule has 0 bridgehead atoms. The zero-order valence-electron chi connectivity index (χ0n) is 11.5. The highest BCUT2D eigenvalue weighted by Crippen LogP contribution is 2.12. The molecule has 0 saturated carbocycles. The lowest BCUT2D eigenvalue weighted by atomic mass is 10.2. The number of hydrogen-bond donors (Lipinski definition) is 1. The number of carbonyl (C=O) groups excluding carboxylic acids is 2. The highest BCUT2D eigenvalue weighted by molar-refractivity contribution is 5.94. The van der Waals surface area contributed by atoms with E-state index >= 15 is 0 Å². The van der Waals surface area contributed by atoms with E-state index in [2.05, 4.69) is 10.3 Å². The molecule has 1 aromatic heterocycles. The van der Waals surface area contributed by atoms with Crippen LogP contribution < -0.4 is 5.32 Å². The average Bonchev–Trinajstić information content (AvgIpc) is 2.69. The Labute approximate surface area is 107 Å². The maximum Gasteiger partial charge on any atom is 0.289 e. The Morgan fingerprint density at radius 3 is 2.61 bits per heavy atom. The molecule has 0 radical (unpaired) electrons. The Kier molecular flexibility index (Phi) is 4.47. The van der Waals surface area contributed by atoms with Crippen LogP contribution in [0.25, 0.3) is 0 Å². The van der Waals surface area contributed by atoms with Crippen molar-refractivity contribution in [3.8, 4) is 0 Å². The smallest absolute Gasteiger partial charge is 0.289 e. The number of carbonyl (C=O) groups is 2. The van der Waals surface area contributed by atoms with Gasteiger partial charge in [0, 0.05) is 26.6 Å². The molecule has 0 unspecified atom stereocenters. The molecule has 1 rings (SSSR count). The van der Waals surface area contributed by atoms with Crippen LogP contribution in [0.1, 0.15) is 31.4 Å². The number of nitrogens with zero attached hydrogens (tertiary/aromatic N) is 3. The van der Waals surface area contributed by atoms with Gasteiger partial charge in [-0.3, -0.25) is 9.59 Å². The fourth-order valence-corrected chi connectivity index (χ4v) is 1.31. The van der Waals surface area contributed by atoms with Gasteiger partial charge in [0.1, 0.15) is 5.82 Å². The second-order valence-electron chi connectivity index (χ2n) is 4.49. The van der Waals surface area contributed by atoms with Crippen LogP contribution in [0, 0.1) is 5.92 Å². The Balaban J connectivity index is 2.91. The molecule has 0 spiro atoms. The molecular weight excluding hydrogens is 232 g/mol. The van der Waals surface area contributed by atoms with Crippen molar-refractivity contribution >= 4 is 17.6 Å². The zero-order valence-corrected chi connectivity index (χ0v) is 11.5. The fraction of sp³-hybridized carbons (Fsp3) is 0.583. The highest BCUT2D eigenvalue weighted by atomic mass is 16.2. The molecule has 18 heavy (non-hydrogen) atoms. The van der Waals surface area contributed by atoms with Crippen LogP contribution in [0.5, 0.6) is 0 Å². The topological polar surface area (TPSA) is 67.2 Å². The van der Waals surface area contributed by atoms with Gasteiger partial charge < -0.3 is 14.8 Å². The lowest BCUT2D eigenvalue weighted by molar-refractivity contribution is -0.118. The number of hydrogen-bond acceptors (Lipinski definition) is 3. The Bertz CT molecular complexity index is 451. The lowest BCUT2D eigenvalue weighted by Gasteiger charge is -2.14. The molecule has 0 aliphatic heterocycles. The highest BCUT2D eigenvalue weighted by Gasteiger charge is 2.18. The van der Waals surface area contributed by atoms with Crippen LogP contribution in [0.15, 0.2) is 6.20 Å². The summed E-state index contributed by atoms with van der Waals surface area (Å²) in [4.78, 5) is 29.2. The lowest BCUT2D eigenvalue weighted by Crippen LogP contribution is -2.29. The summed E-state index contributed by atoms with van der Waals surface area (Å²) >= 11 is 0. The maximum atomic E-state index is 12.0. The second-order valence-corrected chi connectivity index (χ2v) is 4.49. The molecule has 1 N–H and O–H groups in total. The van der Waals surface area contributed by atoms with Crippen molar-refractivity contribution in [2.75, 3.05) is 18.9 Å². The first-order valence-electron chi connectivity index (χ1n) is 5.96. The Hall–Kier alpha value is -1.85. The van der Waals surface area contributed by atoms with E-state index in [1.807, 2.05) is 20.8 Å².